The minimum Gasteiger partial charge on any atom is -0.481 e. The highest BCUT2D eigenvalue weighted by Gasteiger charge is 2.46. The Labute approximate surface area is 111 Å². The molecule has 19 heavy (non-hydrogen) atoms. The first-order valence-corrected chi connectivity index (χ1v) is 6.32. The number of ether oxygens (including phenoxy) is 1. The van der Waals surface area contributed by atoms with Gasteiger partial charge in [0.15, 0.2) is 6.04 Å². The van der Waals surface area contributed by atoms with Gasteiger partial charge >= 0.3 is 11.9 Å². The number of likely N-dealkylation sites (tertiary alicyclic amines) is 1. The molecule has 0 spiro atoms. The van der Waals surface area contributed by atoms with Crippen LogP contribution in [0.5, 0.6) is 0 Å². The quantitative estimate of drug-likeness (QED) is 0.520. The summed E-state index contributed by atoms with van der Waals surface area (Å²) < 4.78 is 4.68. The molecule has 108 valence electrons. The molecule has 0 bridgehead atoms. The molecule has 0 aromatic rings. The van der Waals surface area contributed by atoms with Gasteiger partial charge < -0.3 is 20.5 Å². The molecule has 1 fully saturated rings. The van der Waals surface area contributed by atoms with E-state index in [9.17, 15) is 19.5 Å². The lowest BCUT2D eigenvalue weighted by atomic mass is 9.84. The normalized spacial score (nSPS) is 24.1. The first-order chi connectivity index (χ1) is 8.88. The Bertz CT molecular complexity index is 384. The Morgan fingerprint density at radius 3 is 2.47 bits per heavy atom. The molecule has 0 aromatic carbocycles. The van der Waals surface area contributed by atoms with E-state index in [-0.39, 0.29) is 13.2 Å². The van der Waals surface area contributed by atoms with Crippen molar-refractivity contribution in [2.24, 2.45) is 11.1 Å². The van der Waals surface area contributed by atoms with Gasteiger partial charge in [-0.05, 0) is 19.8 Å². The van der Waals surface area contributed by atoms with Crippen LogP contribution in [-0.4, -0.2) is 53.6 Å². The average Bonchev–Trinajstić information content (AvgIpc) is 2.83. The number of carboxylic acids is 1. The Balaban J connectivity index is 2.71. The van der Waals surface area contributed by atoms with Crippen molar-refractivity contribution in [2.45, 2.75) is 32.7 Å². The summed E-state index contributed by atoms with van der Waals surface area (Å²) in [6.45, 7) is 3.93. The molecule has 1 saturated heterocycles. The summed E-state index contributed by atoms with van der Waals surface area (Å²) in [6.07, 6.45) is 0.806. The largest absolute Gasteiger partial charge is 0.481 e. The molecule has 2 unspecified atom stereocenters. The van der Waals surface area contributed by atoms with E-state index in [1.807, 2.05) is 0 Å². The molecule has 0 aromatic heterocycles. The van der Waals surface area contributed by atoms with Crippen LogP contribution in [0.3, 0.4) is 0 Å². The van der Waals surface area contributed by atoms with Gasteiger partial charge in [-0.3, -0.25) is 9.59 Å². The summed E-state index contributed by atoms with van der Waals surface area (Å²) in [7, 11) is 0. The smallest absolute Gasteiger partial charge is 0.332 e. The number of carboxylic acid groups (broad SMARTS) is 1. The molecule has 1 amide bonds. The third kappa shape index (κ3) is 3.04. The number of amides is 1. The third-order valence-corrected chi connectivity index (χ3v) is 3.60. The minimum absolute atomic E-state index is 0.0881. The van der Waals surface area contributed by atoms with Gasteiger partial charge in [-0.2, -0.15) is 0 Å². The Morgan fingerprint density at radius 1 is 1.42 bits per heavy atom. The van der Waals surface area contributed by atoms with E-state index in [4.69, 9.17) is 5.73 Å². The van der Waals surface area contributed by atoms with Crippen molar-refractivity contribution in [2.75, 3.05) is 19.7 Å². The maximum absolute atomic E-state index is 12.0. The predicted octanol–water partition coefficient (Wildman–Crippen LogP) is -0.410. The zero-order valence-electron chi connectivity index (χ0n) is 11.2. The molecule has 7 nitrogen and oxygen atoms in total. The van der Waals surface area contributed by atoms with E-state index in [1.165, 1.54) is 4.90 Å². The van der Waals surface area contributed by atoms with Crippen molar-refractivity contribution in [3.8, 4) is 0 Å². The first kappa shape index (κ1) is 15.4. The monoisotopic (exact) mass is 272 g/mol. The number of carbonyl (C=O) groups excluding carboxylic acids is 2. The molecular weight excluding hydrogens is 252 g/mol. The summed E-state index contributed by atoms with van der Waals surface area (Å²) in [4.78, 5) is 36.0. The van der Waals surface area contributed by atoms with Crippen molar-refractivity contribution >= 4 is 17.8 Å². The maximum atomic E-state index is 12.0. The Kier molecular flexibility index (Phi) is 4.88. The number of esters is 1. The van der Waals surface area contributed by atoms with Crippen LogP contribution in [0, 0.1) is 5.41 Å². The van der Waals surface area contributed by atoms with Gasteiger partial charge in [0.2, 0.25) is 0 Å². The number of hydrogen-bond acceptors (Lipinski definition) is 5. The molecule has 1 heterocycles. The standard InChI is InChI=1S/C12H20N2O5/c1-3-12(11(17)18)5-6-14(7-12)9(15)8(13)10(16)19-4-2/h8H,3-7,13H2,1-2H3,(H,17,18). The first-order valence-electron chi connectivity index (χ1n) is 6.32. The van der Waals surface area contributed by atoms with Crippen molar-refractivity contribution in [1.29, 1.82) is 0 Å². The Morgan fingerprint density at radius 2 is 2.05 bits per heavy atom. The van der Waals surface area contributed by atoms with Crippen molar-refractivity contribution < 1.29 is 24.2 Å². The SMILES string of the molecule is CCOC(=O)C(N)C(=O)N1CCC(CC)(C(=O)O)C1. The van der Waals surface area contributed by atoms with Crippen LogP contribution in [0.1, 0.15) is 26.7 Å². The molecule has 1 rings (SSSR count). The van der Waals surface area contributed by atoms with Gasteiger partial charge in [0.1, 0.15) is 0 Å². The minimum atomic E-state index is -1.37. The number of hydrogen-bond donors (Lipinski definition) is 2. The molecule has 2 atom stereocenters. The highest BCUT2D eigenvalue weighted by atomic mass is 16.5. The number of rotatable bonds is 5. The van der Waals surface area contributed by atoms with Crippen LogP contribution in [0.2, 0.25) is 0 Å². The molecule has 1 aliphatic rings. The van der Waals surface area contributed by atoms with Crippen LogP contribution in [0.15, 0.2) is 0 Å². The number of aliphatic carboxylic acids is 1. The third-order valence-electron chi connectivity index (χ3n) is 3.60. The van der Waals surface area contributed by atoms with Gasteiger partial charge in [-0.15, -0.1) is 0 Å². The van der Waals surface area contributed by atoms with Crippen molar-refractivity contribution in [1.82, 2.24) is 4.90 Å². The number of carbonyl (C=O) groups is 3. The van der Waals surface area contributed by atoms with E-state index in [0.29, 0.717) is 19.4 Å². The highest BCUT2D eigenvalue weighted by molar-refractivity contribution is 6.02. The summed E-state index contributed by atoms with van der Waals surface area (Å²) in [5.41, 5.74) is 4.59. The maximum Gasteiger partial charge on any atom is 0.332 e. The van der Waals surface area contributed by atoms with E-state index in [0.717, 1.165) is 0 Å². The fourth-order valence-electron chi connectivity index (χ4n) is 2.20. The molecule has 0 radical (unpaired) electrons. The van der Waals surface area contributed by atoms with Crippen LogP contribution in [-0.2, 0) is 19.1 Å². The lowest BCUT2D eigenvalue weighted by Crippen LogP contribution is -2.49. The van der Waals surface area contributed by atoms with Crippen LogP contribution in [0.25, 0.3) is 0 Å². The van der Waals surface area contributed by atoms with Gasteiger partial charge in [-0.1, -0.05) is 6.92 Å². The number of nitrogens with two attached hydrogens (primary N) is 1. The van der Waals surface area contributed by atoms with Crippen LogP contribution < -0.4 is 5.73 Å². The molecule has 7 heteroatoms. The molecular formula is C12H20N2O5. The molecule has 1 aliphatic heterocycles. The lowest BCUT2D eigenvalue weighted by molar-refractivity contribution is -0.151. The van der Waals surface area contributed by atoms with Crippen LogP contribution in [0.4, 0.5) is 0 Å². The van der Waals surface area contributed by atoms with E-state index in [1.54, 1.807) is 13.8 Å². The zero-order valence-corrected chi connectivity index (χ0v) is 11.2. The summed E-state index contributed by atoms with van der Waals surface area (Å²) >= 11 is 0. The van der Waals surface area contributed by atoms with Crippen molar-refractivity contribution in [3.05, 3.63) is 0 Å². The van der Waals surface area contributed by atoms with Gasteiger partial charge in [0.25, 0.3) is 5.91 Å². The van der Waals surface area contributed by atoms with Gasteiger partial charge in [0.05, 0.1) is 12.0 Å². The fourth-order valence-corrected chi connectivity index (χ4v) is 2.20. The van der Waals surface area contributed by atoms with Crippen molar-refractivity contribution in [3.63, 3.8) is 0 Å². The lowest BCUT2D eigenvalue weighted by Gasteiger charge is -2.24. The molecule has 3 N–H and O–H groups in total. The average molecular weight is 272 g/mol. The molecule has 0 aliphatic carbocycles. The Hall–Kier alpha value is -1.63. The zero-order chi connectivity index (χ0) is 14.6. The second kappa shape index (κ2) is 6.01. The summed E-state index contributed by atoms with van der Waals surface area (Å²) in [6, 6.07) is -1.37. The summed E-state index contributed by atoms with van der Waals surface area (Å²) in [5, 5.41) is 9.23. The van der Waals surface area contributed by atoms with E-state index in [2.05, 4.69) is 4.74 Å². The summed E-state index contributed by atoms with van der Waals surface area (Å²) in [5.74, 6) is -2.28. The second-order valence-electron chi connectivity index (χ2n) is 4.68. The second-order valence-corrected chi connectivity index (χ2v) is 4.68. The fraction of sp³-hybridized carbons (Fsp3) is 0.750. The van der Waals surface area contributed by atoms with E-state index < -0.39 is 29.3 Å². The van der Waals surface area contributed by atoms with Crippen LogP contribution >= 0.6 is 0 Å². The number of nitrogens with zero attached hydrogens (tertiary/aromatic N) is 1. The van der Waals surface area contributed by atoms with E-state index >= 15 is 0 Å². The van der Waals surface area contributed by atoms with Gasteiger partial charge in [0, 0.05) is 13.1 Å². The molecule has 0 saturated carbocycles. The predicted molar refractivity (Wildman–Crippen MR) is 66.2 cm³/mol. The van der Waals surface area contributed by atoms with Gasteiger partial charge in [-0.25, -0.2) is 4.79 Å². The topological polar surface area (TPSA) is 110 Å². The highest BCUT2D eigenvalue weighted by Crippen LogP contribution is 2.34.